The second-order valence-corrected chi connectivity index (χ2v) is 9.73. The molecule has 2 aliphatic heterocycles. The molecule has 198 valence electrons. The van der Waals surface area contributed by atoms with Crippen molar-refractivity contribution in [2.24, 2.45) is 4.99 Å². The number of likely N-dealkylation sites (N-methyl/N-ethyl adjacent to an activating group) is 1. The second kappa shape index (κ2) is 14.6. The molecule has 1 aromatic rings. The number of nitrogens with one attached hydrogen (secondary N) is 1. The third-order valence-electron chi connectivity index (χ3n) is 7.07. The number of hydrogen-bond donors (Lipinski definition) is 1. The van der Waals surface area contributed by atoms with Crippen LogP contribution in [-0.4, -0.2) is 98.8 Å². The van der Waals surface area contributed by atoms with E-state index in [1.54, 1.807) is 6.21 Å². The fourth-order valence-corrected chi connectivity index (χ4v) is 4.69. The zero-order valence-electron chi connectivity index (χ0n) is 22.4. The second-order valence-electron chi connectivity index (χ2n) is 9.73. The van der Waals surface area contributed by atoms with Crippen molar-refractivity contribution in [1.82, 2.24) is 20.0 Å². The number of anilines is 1. The summed E-state index contributed by atoms with van der Waals surface area (Å²) in [5, 5.41) is 3.03. The highest BCUT2D eigenvalue weighted by atomic mass is 16.2. The van der Waals surface area contributed by atoms with Crippen LogP contribution in [0.1, 0.15) is 56.3 Å². The normalized spacial score (nSPS) is 17.8. The Morgan fingerprint density at radius 3 is 2.44 bits per heavy atom. The van der Waals surface area contributed by atoms with E-state index in [1.165, 1.54) is 11.3 Å². The Kier molecular flexibility index (Phi) is 11.3. The lowest BCUT2D eigenvalue weighted by Gasteiger charge is -2.34. The summed E-state index contributed by atoms with van der Waals surface area (Å²) in [5.74, 6) is 0.110. The minimum absolute atomic E-state index is 0.0141. The highest BCUT2D eigenvalue weighted by Crippen LogP contribution is 2.18. The summed E-state index contributed by atoms with van der Waals surface area (Å²) in [6.07, 6.45) is 8.55. The number of hydrogen-bond acceptors (Lipinski definition) is 5. The van der Waals surface area contributed by atoms with Gasteiger partial charge in [0.2, 0.25) is 0 Å². The Morgan fingerprint density at radius 2 is 1.75 bits per heavy atom. The Hall–Kier alpha value is -2.87. The summed E-state index contributed by atoms with van der Waals surface area (Å²) in [7, 11) is 2.16. The Labute approximate surface area is 217 Å². The van der Waals surface area contributed by atoms with E-state index in [-0.39, 0.29) is 11.9 Å². The minimum atomic E-state index is 0.0141. The number of carbonyl (C=O) groups is 2. The van der Waals surface area contributed by atoms with Crippen molar-refractivity contribution in [1.29, 1.82) is 0 Å². The molecule has 0 saturated carbocycles. The van der Waals surface area contributed by atoms with Crippen LogP contribution in [0.15, 0.2) is 41.0 Å². The molecule has 2 aliphatic rings. The molecule has 0 atom stereocenters. The van der Waals surface area contributed by atoms with Gasteiger partial charge in [-0.3, -0.25) is 9.79 Å². The first-order valence-corrected chi connectivity index (χ1v) is 13.5. The molecule has 3 amide bonds. The van der Waals surface area contributed by atoms with Gasteiger partial charge >= 0.3 is 6.03 Å². The van der Waals surface area contributed by atoms with Crippen molar-refractivity contribution in [3.8, 4) is 0 Å². The number of rotatable bonds is 11. The molecule has 1 N–H and O–H groups in total. The van der Waals surface area contributed by atoms with Crippen molar-refractivity contribution in [3.63, 3.8) is 0 Å². The van der Waals surface area contributed by atoms with Crippen LogP contribution in [0.2, 0.25) is 0 Å². The first-order valence-electron chi connectivity index (χ1n) is 13.5. The molecule has 0 bridgehead atoms. The van der Waals surface area contributed by atoms with Gasteiger partial charge in [0.25, 0.3) is 5.91 Å². The van der Waals surface area contributed by atoms with Crippen LogP contribution in [0.3, 0.4) is 0 Å². The third-order valence-corrected chi connectivity index (χ3v) is 7.07. The summed E-state index contributed by atoms with van der Waals surface area (Å²) in [6, 6.07) is 8.12. The molecule has 8 nitrogen and oxygen atoms in total. The van der Waals surface area contributed by atoms with Gasteiger partial charge in [-0.15, -0.1) is 0 Å². The molecule has 0 aromatic heterocycles. The number of urea groups is 1. The predicted molar refractivity (Wildman–Crippen MR) is 148 cm³/mol. The molecule has 1 aromatic carbocycles. The fourth-order valence-electron chi connectivity index (χ4n) is 4.69. The molecular formula is C28H44N6O2. The summed E-state index contributed by atoms with van der Waals surface area (Å²) in [5.41, 5.74) is 3.16. The van der Waals surface area contributed by atoms with E-state index >= 15 is 0 Å². The molecule has 0 radical (unpaired) electrons. The number of likely N-dealkylation sites (tertiary alicyclic amines) is 1. The zero-order valence-corrected chi connectivity index (χ0v) is 22.4. The average Bonchev–Trinajstić information content (AvgIpc) is 3.38. The van der Waals surface area contributed by atoms with Gasteiger partial charge in [0.15, 0.2) is 0 Å². The molecule has 2 fully saturated rings. The first-order chi connectivity index (χ1) is 17.5. The van der Waals surface area contributed by atoms with Gasteiger partial charge in [-0.25, -0.2) is 4.79 Å². The standard InChI is InChI=1S/C28H44N6O2/c1-4-29-22-24-14-17-34(23-24)28(36)30-15-8-6-7-9-16-32(5-2)27(35)25-10-12-26(13-11-25)33-20-18-31(3)19-21-33/h4,10-13,22H,5-9,14-21,23H2,1-3H3,(H,30,36)/b24-22+,29-4-. The monoisotopic (exact) mass is 496 g/mol. The van der Waals surface area contributed by atoms with Crippen molar-refractivity contribution < 1.29 is 9.59 Å². The molecular weight excluding hydrogens is 452 g/mol. The highest BCUT2D eigenvalue weighted by Gasteiger charge is 2.21. The number of benzene rings is 1. The molecule has 2 heterocycles. The van der Waals surface area contributed by atoms with Crippen molar-refractivity contribution in [2.75, 3.05) is 70.9 Å². The van der Waals surface area contributed by atoms with Gasteiger partial charge in [0, 0.05) is 82.6 Å². The van der Waals surface area contributed by atoms with Crippen LogP contribution < -0.4 is 10.2 Å². The lowest BCUT2D eigenvalue weighted by molar-refractivity contribution is 0.0761. The van der Waals surface area contributed by atoms with Gasteiger partial charge in [0.05, 0.1) is 0 Å². The van der Waals surface area contributed by atoms with Crippen molar-refractivity contribution in [2.45, 2.75) is 46.0 Å². The van der Waals surface area contributed by atoms with Crippen LogP contribution in [0, 0.1) is 0 Å². The van der Waals surface area contributed by atoms with E-state index in [2.05, 4.69) is 39.3 Å². The Balaban J connectivity index is 1.30. The smallest absolute Gasteiger partial charge is 0.317 e. The first kappa shape index (κ1) is 27.7. The molecule has 2 saturated heterocycles. The van der Waals surface area contributed by atoms with E-state index in [4.69, 9.17) is 0 Å². The number of piperazine rings is 1. The average molecular weight is 497 g/mol. The maximum atomic E-state index is 13.0. The Morgan fingerprint density at radius 1 is 1.03 bits per heavy atom. The van der Waals surface area contributed by atoms with Gasteiger partial charge in [0.1, 0.15) is 0 Å². The van der Waals surface area contributed by atoms with Crippen molar-refractivity contribution >= 4 is 23.8 Å². The largest absolute Gasteiger partial charge is 0.369 e. The molecule has 0 aliphatic carbocycles. The molecule has 8 heteroatoms. The van der Waals surface area contributed by atoms with Crippen LogP contribution in [0.4, 0.5) is 10.5 Å². The minimum Gasteiger partial charge on any atom is -0.369 e. The van der Waals surface area contributed by atoms with Gasteiger partial charge in [-0.05, 0) is 70.0 Å². The van der Waals surface area contributed by atoms with E-state index in [1.807, 2.05) is 42.0 Å². The SMILES string of the molecule is C/C=N\C=C1/CCN(C(=O)NCCCCCCN(CC)C(=O)c2ccc(N3CCN(C)CC3)cc2)C1. The van der Waals surface area contributed by atoms with Gasteiger partial charge < -0.3 is 24.9 Å². The van der Waals surface area contributed by atoms with E-state index in [0.29, 0.717) is 19.6 Å². The highest BCUT2D eigenvalue weighted by molar-refractivity contribution is 5.94. The lowest BCUT2D eigenvalue weighted by Crippen LogP contribution is -2.44. The number of amides is 3. The van der Waals surface area contributed by atoms with Gasteiger partial charge in [-0.2, -0.15) is 0 Å². The molecule has 0 unspecified atom stereocenters. The molecule has 3 rings (SSSR count). The summed E-state index contributed by atoms with van der Waals surface area (Å²) in [4.78, 5) is 38.0. The van der Waals surface area contributed by atoms with Crippen LogP contribution >= 0.6 is 0 Å². The van der Waals surface area contributed by atoms with Crippen LogP contribution in [0.25, 0.3) is 0 Å². The fraction of sp³-hybridized carbons (Fsp3) is 0.607. The maximum Gasteiger partial charge on any atom is 0.317 e. The summed E-state index contributed by atoms with van der Waals surface area (Å²) < 4.78 is 0. The topological polar surface area (TPSA) is 71.5 Å². The van der Waals surface area contributed by atoms with Gasteiger partial charge in [-0.1, -0.05) is 12.8 Å². The number of aliphatic imine (C=N–C) groups is 1. The quantitative estimate of drug-likeness (QED) is 0.373. The van der Waals surface area contributed by atoms with Crippen LogP contribution in [-0.2, 0) is 0 Å². The molecule has 0 spiro atoms. The van der Waals surface area contributed by atoms with Crippen molar-refractivity contribution in [3.05, 3.63) is 41.6 Å². The maximum absolute atomic E-state index is 13.0. The third kappa shape index (κ3) is 8.36. The summed E-state index contributed by atoms with van der Waals surface area (Å²) >= 11 is 0. The number of nitrogens with zero attached hydrogens (tertiary/aromatic N) is 5. The molecule has 36 heavy (non-hydrogen) atoms. The lowest BCUT2D eigenvalue weighted by atomic mass is 10.1. The predicted octanol–water partition coefficient (Wildman–Crippen LogP) is 3.85. The van der Waals surface area contributed by atoms with E-state index < -0.39 is 0 Å². The number of unbranched alkanes of at least 4 members (excludes halogenated alkanes) is 3. The van der Waals surface area contributed by atoms with E-state index in [0.717, 1.165) is 76.9 Å². The van der Waals surface area contributed by atoms with E-state index in [9.17, 15) is 9.59 Å². The number of carbonyl (C=O) groups excluding carboxylic acids is 2. The Bertz CT molecular complexity index is 890. The summed E-state index contributed by atoms with van der Waals surface area (Å²) in [6.45, 7) is 11.7. The van der Waals surface area contributed by atoms with Crippen LogP contribution in [0.5, 0.6) is 0 Å². The zero-order chi connectivity index (χ0) is 25.8.